The minimum atomic E-state index is -0.376. The molecule has 32 heavy (non-hydrogen) atoms. The maximum atomic E-state index is 13.4. The molecule has 3 aromatic carbocycles. The highest BCUT2D eigenvalue weighted by atomic mass is 19.1. The van der Waals surface area contributed by atoms with E-state index in [0.717, 1.165) is 12.1 Å². The van der Waals surface area contributed by atoms with Crippen LogP contribution in [0, 0.1) is 11.6 Å². The molecule has 164 valence electrons. The second-order valence-corrected chi connectivity index (χ2v) is 7.89. The third-order valence-corrected chi connectivity index (χ3v) is 5.26. The Balaban J connectivity index is 1.69. The zero-order valence-electron chi connectivity index (χ0n) is 17.8. The zero-order chi connectivity index (χ0) is 22.7. The molecule has 1 heterocycles. The maximum absolute atomic E-state index is 13.4. The minimum Gasteiger partial charge on any atom is -0.486 e. The Hall–Kier alpha value is -3.51. The van der Waals surface area contributed by atoms with Gasteiger partial charge in [-0.2, -0.15) is 0 Å². The van der Waals surface area contributed by atoms with E-state index in [-0.39, 0.29) is 23.2 Å². The van der Waals surface area contributed by atoms with Crippen molar-refractivity contribution in [3.63, 3.8) is 0 Å². The van der Waals surface area contributed by atoms with E-state index in [1.807, 2.05) is 19.0 Å². The number of nitrogens with zero attached hydrogens (tertiary/aromatic N) is 1. The van der Waals surface area contributed by atoms with Crippen molar-refractivity contribution in [2.75, 3.05) is 20.6 Å². The minimum absolute atomic E-state index is 0.227. The van der Waals surface area contributed by atoms with E-state index in [1.165, 1.54) is 30.5 Å². The fourth-order valence-corrected chi connectivity index (χ4v) is 3.52. The van der Waals surface area contributed by atoms with Crippen LogP contribution in [0.15, 0.2) is 82.2 Å². The molecule has 4 nitrogen and oxygen atoms in total. The highest BCUT2D eigenvalue weighted by molar-refractivity contribution is 5.82. The van der Waals surface area contributed by atoms with Gasteiger partial charge in [0.05, 0.1) is 10.9 Å². The summed E-state index contributed by atoms with van der Waals surface area (Å²) in [6.07, 6.45) is 1.75. The molecule has 0 aliphatic rings. The average Bonchev–Trinajstić information content (AvgIpc) is 2.78. The van der Waals surface area contributed by atoms with Crippen LogP contribution in [0.25, 0.3) is 22.1 Å². The molecule has 0 radical (unpaired) electrons. The number of fused-ring (bicyclic) bond motifs is 1. The fraction of sp³-hybridized carbons (Fsp3) is 0.192. The lowest BCUT2D eigenvalue weighted by atomic mass is 10.0. The quantitative estimate of drug-likeness (QED) is 0.367. The predicted octanol–water partition coefficient (Wildman–Crippen LogP) is 5.81. The maximum Gasteiger partial charge on any atom is 0.200 e. The molecule has 0 bridgehead atoms. The highest BCUT2D eigenvalue weighted by Crippen LogP contribution is 2.28. The first-order chi connectivity index (χ1) is 15.4. The average molecular weight is 435 g/mol. The lowest BCUT2D eigenvalue weighted by molar-refractivity contribution is 0.179. The number of ether oxygens (including phenoxy) is 1. The lowest BCUT2D eigenvalue weighted by Crippen LogP contribution is -2.19. The van der Waals surface area contributed by atoms with Gasteiger partial charge in [-0.25, -0.2) is 8.78 Å². The standard InChI is InChI=1S/C26H23F2NO3/c1-29(2)14-13-24(18-5-9-20(28)10-6-18)32-21-11-12-25-22(15-21)26(30)23(16-31-25)17-3-7-19(27)8-4-17/h3-12,15-16,24H,13-14H2,1-2H3. The first-order valence-corrected chi connectivity index (χ1v) is 10.3. The molecule has 0 fully saturated rings. The van der Waals surface area contributed by atoms with Gasteiger partial charge < -0.3 is 14.1 Å². The molecule has 1 atom stereocenters. The molecule has 4 aromatic rings. The second-order valence-electron chi connectivity index (χ2n) is 7.89. The van der Waals surface area contributed by atoms with Gasteiger partial charge in [0.25, 0.3) is 0 Å². The summed E-state index contributed by atoms with van der Waals surface area (Å²) in [4.78, 5) is 15.2. The monoisotopic (exact) mass is 435 g/mol. The molecule has 0 N–H and O–H groups in total. The smallest absolute Gasteiger partial charge is 0.200 e. The molecule has 1 aromatic heterocycles. The van der Waals surface area contributed by atoms with Crippen molar-refractivity contribution in [1.82, 2.24) is 4.90 Å². The van der Waals surface area contributed by atoms with Crippen molar-refractivity contribution < 1.29 is 17.9 Å². The fourth-order valence-electron chi connectivity index (χ4n) is 3.52. The Morgan fingerprint density at radius 3 is 2.25 bits per heavy atom. The zero-order valence-corrected chi connectivity index (χ0v) is 17.8. The van der Waals surface area contributed by atoms with Crippen molar-refractivity contribution in [2.24, 2.45) is 0 Å². The molecule has 0 saturated heterocycles. The van der Waals surface area contributed by atoms with Crippen LogP contribution in [0.5, 0.6) is 5.75 Å². The van der Waals surface area contributed by atoms with Gasteiger partial charge in [-0.05, 0) is 67.7 Å². The Labute approximate surface area is 184 Å². The van der Waals surface area contributed by atoms with Gasteiger partial charge in [-0.3, -0.25) is 4.79 Å². The van der Waals surface area contributed by atoms with Crippen LogP contribution in [-0.2, 0) is 0 Å². The molecule has 0 saturated carbocycles. The summed E-state index contributed by atoms with van der Waals surface area (Å²) in [5.74, 6) is -0.176. The van der Waals surface area contributed by atoms with Gasteiger partial charge >= 0.3 is 0 Å². The summed E-state index contributed by atoms with van der Waals surface area (Å²) in [6, 6.07) is 17.0. The molecule has 4 rings (SSSR count). The molecule has 0 aliphatic heterocycles. The van der Waals surface area contributed by atoms with E-state index < -0.39 is 0 Å². The highest BCUT2D eigenvalue weighted by Gasteiger charge is 2.16. The van der Waals surface area contributed by atoms with Crippen LogP contribution in [0.4, 0.5) is 8.78 Å². The number of halogens is 2. The molecular weight excluding hydrogens is 412 g/mol. The van der Waals surface area contributed by atoms with E-state index in [9.17, 15) is 13.6 Å². The summed E-state index contributed by atoms with van der Waals surface area (Å²) in [5.41, 5.74) is 1.97. The van der Waals surface area contributed by atoms with Crippen molar-refractivity contribution in [3.05, 3.63) is 100 Å². The molecule has 1 unspecified atom stereocenters. The van der Waals surface area contributed by atoms with Gasteiger partial charge in [-0.1, -0.05) is 24.3 Å². The van der Waals surface area contributed by atoms with Crippen molar-refractivity contribution >= 4 is 11.0 Å². The van der Waals surface area contributed by atoms with E-state index in [1.54, 1.807) is 42.5 Å². The largest absolute Gasteiger partial charge is 0.486 e. The first-order valence-electron chi connectivity index (χ1n) is 10.3. The van der Waals surface area contributed by atoms with E-state index >= 15 is 0 Å². The van der Waals surface area contributed by atoms with Crippen LogP contribution >= 0.6 is 0 Å². The summed E-state index contributed by atoms with van der Waals surface area (Å²) >= 11 is 0. The normalized spacial score (nSPS) is 12.3. The predicted molar refractivity (Wildman–Crippen MR) is 121 cm³/mol. The van der Waals surface area contributed by atoms with Gasteiger partial charge in [0.2, 0.25) is 5.43 Å². The summed E-state index contributed by atoms with van der Waals surface area (Å²) < 4.78 is 38.5. The number of hydrogen-bond donors (Lipinski definition) is 0. The topological polar surface area (TPSA) is 42.7 Å². The summed E-state index contributed by atoms with van der Waals surface area (Å²) in [7, 11) is 3.94. The Kier molecular flexibility index (Phi) is 6.32. The summed E-state index contributed by atoms with van der Waals surface area (Å²) in [5, 5.41) is 0.370. The van der Waals surface area contributed by atoms with Crippen molar-refractivity contribution in [3.8, 4) is 16.9 Å². The van der Waals surface area contributed by atoms with Crippen LogP contribution in [-0.4, -0.2) is 25.5 Å². The van der Waals surface area contributed by atoms with Gasteiger partial charge in [-0.15, -0.1) is 0 Å². The van der Waals surface area contributed by atoms with E-state index in [0.29, 0.717) is 34.3 Å². The molecule has 0 spiro atoms. The van der Waals surface area contributed by atoms with Crippen molar-refractivity contribution in [1.29, 1.82) is 0 Å². The SMILES string of the molecule is CN(C)CCC(Oc1ccc2occ(-c3ccc(F)cc3)c(=O)c2c1)c1ccc(F)cc1. The Morgan fingerprint density at radius 1 is 0.938 bits per heavy atom. The second kappa shape index (κ2) is 9.32. The third-order valence-electron chi connectivity index (χ3n) is 5.26. The third kappa shape index (κ3) is 4.86. The molecular formula is C26H23F2NO3. The Morgan fingerprint density at radius 2 is 1.59 bits per heavy atom. The van der Waals surface area contributed by atoms with Gasteiger partial charge in [0.15, 0.2) is 0 Å². The van der Waals surface area contributed by atoms with E-state index in [4.69, 9.17) is 9.15 Å². The summed E-state index contributed by atoms with van der Waals surface area (Å²) in [6.45, 7) is 0.770. The Bertz CT molecular complexity index is 1270. The van der Waals surface area contributed by atoms with Crippen LogP contribution in [0.3, 0.4) is 0 Å². The molecule has 0 aliphatic carbocycles. The molecule has 6 heteroatoms. The van der Waals surface area contributed by atoms with Crippen LogP contribution < -0.4 is 10.2 Å². The van der Waals surface area contributed by atoms with Crippen LogP contribution in [0.2, 0.25) is 0 Å². The van der Waals surface area contributed by atoms with Crippen LogP contribution in [0.1, 0.15) is 18.1 Å². The van der Waals surface area contributed by atoms with Gasteiger partial charge in [0.1, 0.15) is 35.3 Å². The van der Waals surface area contributed by atoms with E-state index in [2.05, 4.69) is 0 Å². The first kappa shape index (κ1) is 21.7. The number of hydrogen-bond acceptors (Lipinski definition) is 4. The van der Waals surface area contributed by atoms with Gasteiger partial charge in [0, 0.05) is 13.0 Å². The molecule has 0 amide bonds. The van der Waals surface area contributed by atoms with Crippen molar-refractivity contribution in [2.45, 2.75) is 12.5 Å². The lowest BCUT2D eigenvalue weighted by Gasteiger charge is -2.21. The number of benzene rings is 3. The number of rotatable bonds is 7.